The largest absolute Gasteiger partial charge is 0.206 e. The summed E-state index contributed by atoms with van der Waals surface area (Å²) in [5.41, 5.74) is 4.75. The standard InChI is InChI=1S/C29H27F3/c1-2-3-4-5-20-6-10-22(11-7-20)24-15-16-26-25(19-24)14-13-23(29(26)32)12-8-21-9-17-27(30)28(31)18-21/h6-7,9-11,13-19H,2-5,8,12H2,1H3. The van der Waals surface area contributed by atoms with E-state index >= 15 is 4.39 Å². The van der Waals surface area contributed by atoms with Crippen molar-refractivity contribution in [2.24, 2.45) is 0 Å². The number of aryl methyl sites for hydroxylation is 3. The summed E-state index contributed by atoms with van der Waals surface area (Å²) >= 11 is 0. The van der Waals surface area contributed by atoms with E-state index in [4.69, 9.17) is 0 Å². The van der Waals surface area contributed by atoms with Crippen molar-refractivity contribution in [3.8, 4) is 11.1 Å². The first-order chi connectivity index (χ1) is 15.5. The molecule has 0 saturated heterocycles. The van der Waals surface area contributed by atoms with Crippen LogP contribution in [-0.4, -0.2) is 0 Å². The molecule has 4 rings (SSSR count). The molecule has 4 aromatic carbocycles. The molecule has 0 aliphatic rings. The van der Waals surface area contributed by atoms with Crippen LogP contribution in [0.4, 0.5) is 13.2 Å². The van der Waals surface area contributed by atoms with Crippen LogP contribution in [-0.2, 0) is 19.3 Å². The summed E-state index contributed by atoms with van der Waals surface area (Å²) in [6.07, 6.45) is 5.66. The van der Waals surface area contributed by atoms with Crippen molar-refractivity contribution in [2.45, 2.75) is 45.4 Å². The molecule has 0 unspecified atom stereocenters. The second-order valence-corrected chi connectivity index (χ2v) is 8.38. The maximum atomic E-state index is 15.1. The van der Waals surface area contributed by atoms with Gasteiger partial charge in [0.2, 0.25) is 0 Å². The van der Waals surface area contributed by atoms with E-state index in [0.717, 1.165) is 29.0 Å². The lowest BCUT2D eigenvalue weighted by atomic mass is 9.96. The van der Waals surface area contributed by atoms with Crippen LogP contribution in [0.5, 0.6) is 0 Å². The average Bonchev–Trinajstić information content (AvgIpc) is 2.81. The van der Waals surface area contributed by atoms with E-state index in [1.54, 1.807) is 12.1 Å². The van der Waals surface area contributed by atoms with Crippen LogP contribution >= 0.6 is 0 Å². The Morgan fingerprint density at radius 2 is 1.34 bits per heavy atom. The minimum Gasteiger partial charge on any atom is -0.206 e. The predicted molar refractivity (Wildman–Crippen MR) is 126 cm³/mol. The molecule has 0 bridgehead atoms. The molecule has 4 aromatic rings. The van der Waals surface area contributed by atoms with Gasteiger partial charge in [-0.15, -0.1) is 0 Å². The number of rotatable bonds is 8. The molecule has 0 saturated carbocycles. The van der Waals surface area contributed by atoms with Gasteiger partial charge in [0.25, 0.3) is 0 Å². The Morgan fingerprint density at radius 1 is 0.594 bits per heavy atom. The van der Waals surface area contributed by atoms with Gasteiger partial charge in [0, 0.05) is 5.39 Å². The minimum absolute atomic E-state index is 0.247. The highest BCUT2D eigenvalue weighted by atomic mass is 19.2. The molecule has 0 N–H and O–H groups in total. The number of fused-ring (bicyclic) bond motifs is 1. The van der Waals surface area contributed by atoms with Gasteiger partial charge in [-0.1, -0.05) is 74.4 Å². The van der Waals surface area contributed by atoms with Gasteiger partial charge in [-0.3, -0.25) is 0 Å². The van der Waals surface area contributed by atoms with Gasteiger partial charge in [0.05, 0.1) is 0 Å². The van der Waals surface area contributed by atoms with Crippen LogP contribution in [0.1, 0.15) is 42.9 Å². The van der Waals surface area contributed by atoms with Crippen LogP contribution < -0.4 is 0 Å². The Balaban J connectivity index is 1.51. The summed E-state index contributed by atoms with van der Waals surface area (Å²) in [6, 6.07) is 22.0. The van der Waals surface area contributed by atoms with Gasteiger partial charge in [-0.2, -0.15) is 0 Å². The van der Waals surface area contributed by atoms with Gasteiger partial charge in [-0.25, -0.2) is 13.2 Å². The fraction of sp³-hybridized carbons (Fsp3) is 0.241. The number of unbranched alkanes of at least 4 members (excludes halogenated alkanes) is 2. The van der Waals surface area contributed by atoms with E-state index in [-0.39, 0.29) is 5.82 Å². The van der Waals surface area contributed by atoms with Crippen molar-refractivity contribution in [3.63, 3.8) is 0 Å². The zero-order chi connectivity index (χ0) is 22.5. The van der Waals surface area contributed by atoms with Gasteiger partial charge in [0.1, 0.15) is 5.82 Å². The molecule has 0 aliphatic heterocycles. The normalized spacial score (nSPS) is 11.2. The van der Waals surface area contributed by atoms with Crippen molar-refractivity contribution in [2.75, 3.05) is 0 Å². The summed E-state index contributed by atoms with van der Waals surface area (Å²) in [7, 11) is 0. The Morgan fingerprint density at radius 3 is 2.09 bits per heavy atom. The van der Waals surface area contributed by atoms with E-state index in [2.05, 4.69) is 31.2 Å². The second-order valence-electron chi connectivity index (χ2n) is 8.38. The van der Waals surface area contributed by atoms with Gasteiger partial charge in [-0.05, 0) is 77.1 Å². The van der Waals surface area contributed by atoms with E-state index in [0.29, 0.717) is 29.4 Å². The molecular formula is C29H27F3. The van der Waals surface area contributed by atoms with Crippen LogP contribution in [0.3, 0.4) is 0 Å². The highest BCUT2D eigenvalue weighted by molar-refractivity contribution is 5.88. The quantitative estimate of drug-likeness (QED) is 0.245. The van der Waals surface area contributed by atoms with Crippen LogP contribution in [0.2, 0.25) is 0 Å². The van der Waals surface area contributed by atoms with Crippen molar-refractivity contribution in [1.82, 2.24) is 0 Å². The second kappa shape index (κ2) is 10.0. The first-order valence-corrected chi connectivity index (χ1v) is 11.3. The molecule has 0 aliphatic carbocycles. The molecule has 0 heterocycles. The molecule has 0 spiro atoms. The third kappa shape index (κ3) is 5.04. The highest BCUT2D eigenvalue weighted by Crippen LogP contribution is 2.28. The fourth-order valence-electron chi connectivity index (χ4n) is 4.13. The zero-order valence-corrected chi connectivity index (χ0v) is 18.3. The third-order valence-corrected chi connectivity index (χ3v) is 6.06. The average molecular weight is 433 g/mol. The summed E-state index contributed by atoms with van der Waals surface area (Å²) < 4.78 is 41.6. The van der Waals surface area contributed by atoms with E-state index in [9.17, 15) is 8.78 Å². The smallest absolute Gasteiger partial charge is 0.159 e. The Labute approximate surface area is 187 Å². The monoisotopic (exact) mass is 432 g/mol. The zero-order valence-electron chi connectivity index (χ0n) is 18.3. The molecule has 0 nitrogen and oxygen atoms in total. The van der Waals surface area contributed by atoms with Gasteiger partial charge < -0.3 is 0 Å². The number of hydrogen-bond donors (Lipinski definition) is 0. The lowest BCUT2D eigenvalue weighted by Gasteiger charge is -2.10. The Kier molecular flexibility index (Phi) is 6.94. The van der Waals surface area contributed by atoms with Crippen molar-refractivity contribution < 1.29 is 13.2 Å². The lowest BCUT2D eigenvalue weighted by Crippen LogP contribution is -1.97. The van der Waals surface area contributed by atoms with Gasteiger partial charge >= 0.3 is 0 Å². The first kappa shape index (κ1) is 22.1. The SMILES string of the molecule is CCCCCc1ccc(-c2ccc3c(F)c(CCc4ccc(F)c(F)c4)ccc3c2)cc1. The number of benzene rings is 4. The predicted octanol–water partition coefficient (Wildman–Crippen LogP) is 8.44. The van der Waals surface area contributed by atoms with E-state index in [1.165, 1.54) is 30.9 Å². The summed E-state index contributed by atoms with van der Waals surface area (Å²) in [5, 5.41) is 1.43. The molecule has 0 atom stereocenters. The molecule has 3 heteroatoms. The third-order valence-electron chi connectivity index (χ3n) is 6.06. The first-order valence-electron chi connectivity index (χ1n) is 11.3. The number of halogens is 3. The van der Waals surface area contributed by atoms with Crippen LogP contribution in [0.25, 0.3) is 21.9 Å². The molecular weight excluding hydrogens is 405 g/mol. The maximum Gasteiger partial charge on any atom is 0.159 e. The van der Waals surface area contributed by atoms with Crippen LogP contribution in [0, 0.1) is 17.5 Å². The number of hydrogen-bond acceptors (Lipinski definition) is 0. The maximum absolute atomic E-state index is 15.1. The van der Waals surface area contributed by atoms with Crippen LogP contribution in [0.15, 0.2) is 72.8 Å². The lowest BCUT2D eigenvalue weighted by molar-refractivity contribution is 0.507. The Hall–Kier alpha value is -3.07. The van der Waals surface area contributed by atoms with Crippen molar-refractivity contribution in [1.29, 1.82) is 0 Å². The summed E-state index contributed by atoms with van der Waals surface area (Å²) in [5.74, 6) is -1.99. The molecule has 32 heavy (non-hydrogen) atoms. The molecule has 164 valence electrons. The fourth-order valence-corrected chi connectivity index (χ4v) is 4.13. The topological polar surface area (TPSA) is 0 Å². The highest BCUT2D eigenvalue weighted by Gasteiger charge is 2.10. The molecule has 0 fully saturated rings. The summed E-state index contributed by atoms with van der Waals surface area (Å²) in [6.45, 7) is 2.21. The molecule has 0 radical (unpaired) electrons. The molecule has 0 aromatic heterocycles. The van der Waals surface area contributed by atoms with E-state index < -0.39 is 11.6 Å². The van der Waals surface area contributed by atoms with Crippen molar-refractivity contribution in [3.05, 3.63) is 107 Å². The Bertz CT molecular complexity index is 1210. The summed E-state index contributed by atoms with van der Waals surface area (Å²) in [4.78, 5) is 0. The van der Waals surface area contributed by atoms with Gasteiger partial charge in [0.15, 0.2) is 11.6 Å². The minimum atomic E-state index is -0.872. The molecule has 0 amide bonds. The van der Waals surface area contributed by atoms with Crippen molar-refractivity contribution >= 4 is 10.8 Å². The van der Waals surface area contributed by atoms with E-state index in [1.807, 2.05) is 24.3 Å².